The van der Waals surface area contributed by atoms with Crippen molar-refractivity contribution in [2.75, 3.05) is 13.7 Å². The Balaban J connectivity index is 2.74. The summed E-state index contributed by atoms with van der Waals surface area (Å²) in [6.07, 6.45) is 0. The van der Waals surface area contributed by atoms with Gasteiger partial charge >= 0.3 is 0 Å². The largest absolute Gasteiger partial charge is 0.504 e. The molecule has 1 aromatic rings. The maximum atomic E-state index is 9.53. The molecule has 0 bridgehead atoms. The molecular formula is C12H14BrNO2. The first-order chi connectivity index (χ1) is 7.69. The molecule has 0 aliphatic carbocycles. The Morgan fingerprint density at radius 1 is 1.50 bits per heavy atom. The number of phenolic OH excluding ortho intramolecular Hbond substituents is 1. The van der Waals surface area contributed by atoms with Crippen LogP contribution < -0.4 is 10.1 Å². The Bertz CT molecular complexity index is 421. The molecule has 0 spiro atoms. The molecule has 0 saturated carbocycles. The molecule has 0 fully saturated rings. The highest BCUT2D eigenvalue weighted by atomic mass is 79.9. The molecule has 0 aliphatic rings. The van der Waals surface area contributed by atoms with Gasteiger partial charge in [-0.15, -0.1) is 5.92 Å². The summed E-state index contributed by atoms with van der Waals surface area (Å²) < 4.78 is 5.89. The van der Waals surface area contributed by atoms with E-state index < -0.39 is 0 Å². The quantitative estimate of drug-likeness (QED) is 0.658. The molecule has 0 aliphatic heterocycles. The van der Waals surface area contributed by atoms with Crippen LogP contribution in [0.1, 0.15) is 12.5 Å². The van der Waals surface area contributed by atoms with Gasteiger partial charge in [0, 0.05) is 11.0 Å². The lowest BCUT2D eigenvalue weighted by molar-refractivity contribution is 0.372. The Morgan fingerprint density at radius 3 is 2.88 bits per heavy atom. The number of methoxy groups -OCH3 is 1. The smallest absolute Gasteiger partial charge is 0.160 e. The summed E-state index contributed by atoms with van der Waals surface area (Å²) in [5.41, 5.74) is 1.02. The molecule has 0 atom stereocenters. The zero-order valence-electron chi connectivity index (χ0n) is 9.30. The number of nitrogens with one attached hydrogen (secondary N) is 1. The van der Waals surface area contributed by atoms with Crippen molar-refractivity contribution in [3.05, 3.63) is 22.2 Å². The molecule has 0 unspecified atom stereocenters. The van der Waals surface area contributed by atoms with E-state index in [2.05, 4.69) is 33.1 Å². The monoisotopic (exact) mass is 283 g/mol. The van der Waals surface area contributed by atoms with E-state index in [0.717, 1.165) is 10.0 Å². The lowest BCUT2D eigenvalue weighted by Gasteiger charge is -2.09. The first-order valence-corrected chi connectivity index (χ1v) is 5.64. The lowest BCUT2D eigenvalue weighted by Crippen LogP contribution is -2.13. The van der Waals surface area contributed by atoms with Crippen LogP contribution >= 0.6 is 15.9 Å². The average Bonchev–Trinajstić information content (AvgIpc) is 2.27. The van der Waals surface area contributed by atoms with Crippen molar-refractivity contribution in [2.24, 2.45) is 0 Å². The number of phenols is 1. The molecule has 16 heavy (non-hydrogen) atoms. The number of hydrogen-bond acceptors (Lipinski definition) is 3. The zero-order chi connectivity index (χ0) is 12.0. The summed E-state index contributed by atoms with van der Waals surface area (Å²) in [4.78, 5) is 0. The van der Waals surface area contributed by atoms with Crippen molar-refractivity contribution in [1.82, 2.24) is 5.32 Å². The van der Waals surface area contributed by atoms with E-state index in [1.807, 2.05) is 0 Å². The Hall–Kier alpha value is -1.18. The molecule has 0 heterocycles. The number of hydrogen-bond donors (Lipinski definition) is 2. The third-order valence-electron chi connectivity index (χ3n) is 2.05. The molecule has 0 aromatic heterocycles. The summed E-state index contributed by atoms with van der Waals surface area (Å²) >= 11 is 3.39. The molecule has 1 rings (SSSR count). The van der Waals surface area contributed by atoms with Crippen LogP contribution in [-0.4, -0.2) is 18.8 Å². The molecule has 3 nitrogen and oxygen atoms in total. The van der Waals surface area contributed by atoms with Crippen LogP contribution in [0, 0.1) is 11.8 Å². The van der Waals surface area contributed by atoms with E-state index in [-0.39, 0.29) is 5.75 Å². The van der Waals surface area contributed by atoms with E-state index in [1.54, 1.807) is 19.1 Å². The van der Waals surface area contributed by atoms with Gasteiger partial charge in [-0.05, 0) is 24.6 Å². The minimum absolute atomic E-state index is 0.131. The number of aromatic hydroxyl groups is 1. The van der Waals surface area contributed by atoms with Crippen LogP contribution in [0.15, 0.2) is 16.6 Å². The fourth-order valence-electron chi connectivity index (χ4n) is 1.23. The van der Waals surface area contributed by atoms with Gasteiger partial charge in [0.15, 0.2) is 11.5 Å². The molecule has 1 aromatic carbocycles. The predicted molar refractivity (Wildman–Crippen MR) is 67.5 cm³/mol. The summed E-state index contributed by atoms with van der Waals surface area (Å²) in [5, 5.41) is 12.7. The number of benzene rings is 1. The lowest BCUT2D eigenvalue weighted by atomic mass is 10.2. The topological polar surface area (TPSA) is 41.5 Å². The Morgan fingerprint density at radius 2 is 2.25 bits per heavy atom. The van der Waals surface area contributed by atoms with Gasteiger partial charge in [-0.2, -0.15) is 0 Å². The second-order valence-electron chi connectivity index (χ2n) is 3.15. The predicted octanol–water partition coefficient (Wildman–Crippen LogP) is 2.28. The molecule has 0 amide bonds. The highest BCUT2D eigenvalue weighted by Gasteiger charge is 2.07. The van der Waals surface area contributed by atoms with Gasteiger partial charge < -0.3 is 15.2 Å². The van der Waals surface area contributed by atoms with Crippen molar-refractivity contribution < 1.29 is 9.84 Å². The van der Waals surface area contributed by atoms with Crippen LogP contribution in [0.2, 0.25) is 0 Å². The first-order valence-electron chi connectivity index (χ1n) is 4.84. The first kappa shape index (κ1) is 12.9. The van der Waals surface area contributed by atoms with Gasteiger partial charge in [0.25, 0.3) is 0 Å². The van der Waals surface area contributed by atoms with Gasteiger partial charge in [0.05, 0.1) is 13.7 Å². The maximum absolute atomic E-state index is 9.53. The maximum Gasteiger partial charge on any atom is 0.160 e. The second kappa shape index (κ2) is 6.41. The van der Waals surface area contributed by atoms with E-state index in [4.69, 9.17) is 4.74 Å². The fraction of sp³-hybridized carbons (Fsp3) is 0.333. The van der Waals surface area contributed by atoms with Crippen molar-refractivity contribution >= 4 is 15.9 Å². The Kier molecular flexibility index (Phi) is 5.17. The second-order valence-corrected chi connectivity index (χ2v) is 4.00. The number of rotatable bonds is 4. The van der Waals surface area contributed by atoms with Crippen LogP contribution in [0.5, 0.6) is 11.5 Å². The van der Waals surface area contributed by atoms with Crippen LogP contribution in [0.25, 0.3) is 0 Å². The van der Waals surface area contributed by atoms with Gasteiger partial charge in [0.1, 0.15) is 0 Å². The number of ether oxygens (including phenoxy) is 1. The minimum atomic E-state index is 0.131. The third kappa shape index (κ3) is 3.44. The summed E-state index contributed by atoms with van der Waals surface area (Å²) in [6, 6.07) is 3.42. The number of halogens is 1. The van der Waals surface area contributed by atoms with E-state index in [9.17, 15) is 5.11 Å². The van der Waals surface area contributed by atoms with Crippen molar-refractivity contribution in [2.45, 2.75) is 13.5 Å². The molecule has 0 saturated heterocycles. The summed E-state index contributed by atoms with van der Waals surface area (Å²) in [7, 11) is 1.53. The molecular weight excluding hydrogens is 270 g/mol. The minimum Gasteiger partial charge on any atom is -0.504 e. The van der Waals surface area contributed by atoms with Crippen molar-refractivity contribution in [1.29, 1.82) is 0 Å². The summed E-state index contributed by atoms with van der Waals surface area (Å²) in [6.45, 7) is 3.12. The fourth-order valence-corrected chi connectivity index (χ4v) is 1.70. The zero-order valence-corrected chi connectivity index (χ0v) is 10.9. The molecule has 0 radical (unpaired) electrons. The third-order valence-corrected chi connectivity index (χ3v) is 2.79. The van der Waals surface area contributed by atoms with Crippen molar-refractivity contribution in [3.8, 4) is 23.3 Å². The standard InChI is InChI=1S/C12H14BrNO2/c1-3-4-5-14-8-9-6-12(16-2)11(15)7-10(9)13/h6-7,14-15H,5,8H2,1-2H3. The van der Waals surface area contributed by atoms with E-state index in [0.29, 0.717) is 18.8 Å². The van der Waals surface area contributed by atoms with Gasteiger partial charge in [0.2, 0.25) is 0 Å². The Labute approximate surface area is 104 Å². The van der Waals surface area contributed by atoms with Gasteiger partial charge in [-0.1, -0.05) is 21.9 Å². The van der Waals surface area contributed by atoms with Crippen LogP contribution in [0.3, 0.4) is 0 Å². The molecule has 2 N–H and O–H groups in total. The molecule has 4 heteroatoms. The highest BCUT2D eigenvalue weighted by molar-refractivity contribution is 9.10. The van der Waals surface area contributed by atoms with Gasteiger partial charge in [-0.25, -0.2) is 0 Å². The normalized spacial score (nSPS) is 9.44. The van der Waals surface area contributed by atoms with Crippen LogP contribution in [-0.2, 0) is 6.54 Å². The average molecular weight is 284 g/mol. The van der Waals surface area contributed by atoms with Crippen LogP contribution in [0.4, 0.5) is 0 Å². The SMILES string of the molecule is CC#CCNCc1cc(OC)c(O)cc1Br. The van der Waals surface area contributed by atoms with Gasteiger partial charge in [-0.3, -0.25) is 0 Å². The highest BCUT2D eigenvalue weighted by Crippen LogP contribution is 2.32. The van der Waals surface area contributed by atoms with E-state index in [1.165, 1.54) is 7.11 Å². The van der Waals surface area contributed by atoms with E-state index >= 15 is 0 Å². The summed E-state index contributed by atoms with van der Waals surface area (Å²) in [5.74, 6) is 6.34. The van der Waals surface area contributed by atoms with Crippen molar-refractivity contribution in [3.63, 3.8) is 0 Å². The molecule has 86 valence electrons.